The van der Waals surface area contributed by atoms with E-state index < -0.39 is 0 Å². The molecule has 24 heavy (non-hydrogen) atoms. The Kier molecular flexibility index (Phi) is 6.31. The van der Waals surface area contributed by atoms with Crippen LogP contribution in [0.25, 0.3) is 0 Å². The van der Waals surface area contributed by atoms with Crippen molar-refractivity contribution in [2.75, 3.05) is 30.0 Å². The average molecular weight is 368 g/mol. The van der Waals surface area contributed by atoms with E-state index in [2.05, 4.69) is 21.6 Å². The molecule has 1 amide bonds. The summed E-state index contributed by atoms with van der Waals surface area (Å²) in [5.41, 5.74) is 1.14. The molecule has 2 aliphatic rings. The van der Waals surface area contributed by atoms with Crippen molar-refractivity contribution in [1.82, 2.24) is 10.6 Å². The van der Waals surface area contributed by atoms with Crippen LogP contribution in [0.4, 0.5) is 5.69 Å². The molecule has 1 aromatic rings. The summed E-state index contributed by atoms with van der Waals surface area (Å²) >= 11 is 7.88. The minimum absolute atomic E-state index is 0.160. The van der Waals surface area contributed by atoms with Gasteiger partial charge in [-0.1, -0.05) is 23.7 Å². The predicted octanol–water partition coefficient (Wildman–Crippen LogP) is 2.91. The average Bonchev–Trinajstić information content (AvgIpc) is 2.58. The van der Waals surface area contributed by atoms with Crippen LogP contribution >= 0.6 is 23.4 Å². The molecule has 1 saturated carbocycles. The highest BCUT2D eigenvalue weighted by Gasteiger charge is 2.34. The number of amides is 1. The zero-order chi connectivity index (χ0) is 16.9. The first-order valence-electron chi connectivity index (χ1n) is 8.71. The van der Waals surface area contributed by atoms with Crippen LogP contribution in [0.15, 0.2) is 24.3 Å². The number of carbonyl (C=O) groups is 1. The summed E-state index contributed by atoms with van der Waals surface area (Å²) in [6.45, 7) is 2.05. The Morgan fingerprint density at radius 1 is 1.21 bits per heavy atom. The van der Waals surface area contributed by atoms with Gasteiger partial charge in [-0.25, -0.2) is 0 Å². The summed E-state index contributed by atoms with van der Waals surface area (Å²) in [6.07, 6.45) is 6.45. The van der Waals surface area contributed by atoms with Crippen molar-refractivity contribution < 1.29 is 4.79 Å². The van der Waals surface area contributed by atoms with Crippen molar-refractivity contribution in [2.24, 2.45) is 0 Å². The third-order valence-electron chi connectivity index (χ3n) is 5.03. The number of halogens is 1. The third-order valence-corrected chi connectivity index (χ3v) is 5.90. The maximum atomic E-state index is 11.7. The first-order chi connectivity index (χ1) is 11.7. The van der Waals surface area contributed by atoms with Gasteiger partial charge in [0.05, 0.1) is 16.5 Å². The van der Waals surface area contributed by atoms with Crippen molar-refractivity contribution in [3.8, 4) is 0 Å². The fraction of sp³-hybridized carbons (Fsp3) is 0.611. The van der Waals surface area contributed by atoms with Crippen LogP contribution in [0.2, 0.25) is 5.02 Å². The lowest BCUT2D eigenvalue weighted by molar-refractivity contribution is -0.120. The topological polar surface area (TPSA) is 44.4 Å². The normalized spacial score (nSPS) is 24.5. The number of para-hydroxylation sites is 1. The number of hydrogen-bond donors (Lipinski definition) is 2. The molecule has 2 fully saturated rings. The second-order valence-corrected chi connectivity index (χ2v) is 7.94. The van der Waals surface area contributed by atoms with Crippen molar-refractivity contribution in [3.63, 3.8) is 0 Å². The van der Waals surface area contributed by atoms with Gasteiger partial charge in [-0.05, 0) is 44.1 Å². The van der Waals surface area contributed by atoms with E-state index in [9.17, 15) is 4.79 Å². The second-order valence-electron chi connectivity index (χ2n) is 6.67. The summed E-state index contributed by atoms with van der Waals surface area (Å²) in [6, 6.07) is 9.36. The number of benzene rings is 1. The maximum absolute atomic E-state index is 11.7. The molecular weight excluding hydrogens is 342 g/mol. The highest BCUT2D eigenvalue weighted by molar-refractivity contribution is 7.99. The molecule has 132 valence electrons. The Hall–Kier alpha value is -0.910. The number of carbonyl (C=O) groups excluding carboxylic acids is 1. The van der Waals surface area contributed by atoms with Gasteiger partial charge in [-0.2, -0.15) is 11.8 Å². The quantitative estimate of drug-likeness (QED) is 0.811. The van der Waals surface area contributed by atoms with Gasteiger partial charge < -0.3 is 15.5 Å². The molecule has 1 aromatic carbocycles. The molecule has 3 rings (SSSR count). The summed E-state index contributed by atoms with van der Waals surface area (Å²) < 4.78 is 0. The van der Waals surface area contributed by atoms with Crippen LogP contribution in [0.1, 0.15) is 25.7 Å². The van der Waals surface area contributed by atoms with E-state index in [-0.39, 0.29) is 5.91 Å². The fourth-order valence-electron chi connectivity index (χ4n) is 3.55. The maximum Gasteiger partial charge on any atom is 0.230 e. The van der Waals surface area contributed by atoms with Gasteiger partial charge in [0, 0.05) is 31.2 Å². The Morgan fingerprint density at radius 3 is 2.54 bits per heavy atom. The van der Waals surface area contributed by atoms with Crippen LogP contribution in [0, 0.1) is 0 Å². The molecule has 2 N–H and O–H groups in total. The number of nitrogens with one attached hydrogen (secondary N) is 2. The molecule has 0 aromatic heterocycles. The van der Waals surface area contributed by atoms with Crippen LogP contribution in [-0.2, 0) is 4.79 Å². The van der Waals surface area contributed by atoms with Gasteiger partial charge in [0.2, 0.25) is 5.91 Å². The van der Waals surface area contributed by atoms with E-state index in [0.717, 1.165) is 49.5 Å². The van der Waals surface area contributed by atoms with E-state index in [0.29, 0.717) is 23.9 Å². The molecule has 0 spiro atoms. The van der Waals surface area contributed by atoms with E-state index in [4.69, 9.17) is 11.6 Å². The van der Waals surface area contributed by atoms with Crippen molar-refractivity contribution in [1.29, 1.82) is 0 Å². The molecular formula is C18H26ClN3OS. The zero-order valence-corrected chi connectivity index (χ0v) is 15.7. The zero-order valence-electron chi connectivity index (χ0n) is 14.1. The fourth-order valence-corrected chi connectivity index (χ4v) is 4.15. The van der Waals surface area contributed by atoms with Gasteiger partial charge >= 0.3 is 0 Å². The molecule has 0 radical (unpaired) electrons. The first kappa shape index (κ1) is 17.9. The first-order valence-corrected chi connectivity index (χ1v) is 10.5. The smallest absolute Gasteiger partial charge is 0.230 e. The lowest BCUT2D eigenvalue weighted by Crippen LogP contribution is -2.60. The van der Waals surface area contributed by atoms with Crippen molar-refractivity contribution in [3.05, 3.63) is 29.3 Å². The standard InChI is InChI=1S/C18H26ClN3OS/c1-24-12-18(23)21-16-7-6-15(16)20-13-8-10-22(11-9-13)17-5-3-2-4-14(17)19/h2-5,13,15-16,20H,6-12H2,1H3,(H,21,23)/t15-,16+/m0/s1. The molecule has 1 aliphatic heterocycles. The monoisotopic (exact) mass is 367 g/mol. The van der Waals surface area contributed by atoms with E-state index >= 15 is 0 Å². The van der Waals surface area contributed by atoms with Gasteiger partial charge in [-0.3, -0.25) is 4.79 Å². The summed E-state index contributed by atoms with van der Waals surface area (Å²) in [5, 5.41) is 7.74. The highest BCUT2D eigenvalue weighted by atomic mass is 35.5. The molecule has 6 heteroatoms. The molecule has 0 bridgehead atoms. The molecule has 1 heterocycles. The minimum Gasteiger partial charge on any atom is -0.370 e. The summed E-state index contributed by atoms with van der Waals surface area (Å²) in [4.78, 5) is 14.1. The van der Waals surface area contributed by atoms with Crippen LogP contribution in [-0.4, -0.2) is 49.1 Å². The Bertz CT molecular complexity index is 563. The lowest BCUT2D eigenvalue weighted by Gasteiger charge is -2.42. The van der Waals surface area contributed by atoms with Crippen LogP contribution in [0.5, 0.6) is 0 Å². The highest BCUT2D eigenvalue weighted by Crippen LogP contribution is 2.29. The number of rotatable bonds is 6. The Morgan fingerprint density at radius 2 is 1.92 bits per heavy atom. The van der Waals surface area contributed by atoms with Crippen LogP contribution < -0.4 is 15.5 Å². The van der Waals surface area contributed by atoms with Crippen LogP contribution in [0.3, 0.4) is 0 Å². The van der Waals surface area contributed by atoms with E-state index in [1.807, 2.05) is 24.5 Å². The number of piperidine rings is 1. The number of anilines is 1. The summed E-state index contributed by atoms with van der Waals surface area (Å²) in [5.74, 6) is 0.715. The van der Waals surface area contributed by atoms with Crippen molar-refractivity contribution >= 4 is 35.0 Å². The molecule has 4 nitrogen and oxygen atoms in total. The lowest BCUT2D eigenvalue weighted by atomic mass is 9.85. The molecule has 1 aliphatic carbocycles. The van der Waals surface area contributed by atoms with Gasteiger partial charge in [0.15, 0.2) is 0 Å². The van der Waals surface area contributed by atoms with E-state index in [1.165, 1.54) is 0 Å². The van der Waals surface area contributed by atoms with Gasteiger partial charge in [-0.15, -0.1) is 0 Å². The Balaban J connectivity index is 1.44. The largest absolute Gasteiger partial charge is 0.370 e. The Labute approximate surface area is 153 Å². The number of nitrogens with zero attached hydrogens (tertiary/aromatic N) is 1. The van der Waals surface area contributed by atoms with Gasteiger partial charge in [0.25, 0.3) is 0 Å². The molecule has 1 saturated heterocycles. The number of thioether (sulfide) groups is 1. The SMILES string of the molecule is CSCC(=O)N[C@@H]1CC[C@@H]1NC1CCN(c2ccccc2Cl)CC1. The third kappa shape index (κ3) is 4.38. The molecule has 2 atom stereocenters. The summed E-state index contributed by atoms with van der Waals surface area (Å²) in [7, 11) is 0. The predicted molar refractivity (Wildman–Crippen MR) is 103 cm³/mol. The minimum atomic E-state index is 0.160. The van der Waals surface area contributed by atoms with E-state index in [1.54, 1.807) is 11.8 Å². The molecule has 0 unspecified atom stereocenters. The van der Waals surface area contributed by atoms with Crippen molar-refractivity contribution in [2.45, 2.75) is 43.8 Å². The number of hydrogen-bond acceptors (Lipinski definition) is 4. The van der Waals surface area contributed by atoms with Gasteiger partial charge in [0.1, 0.15) is 0 Å². The second kappa shape index (κ2) is 8.45.